The third-order valence-corrected chi connectivity index (χ3v) is 3.87. The molecule has 3 aromatic rings. The van der Waals surface area contributed by atoms with E-state index in [1.807, 2.05) is 24.3 Å². The van der Waals surface area contributed by atoms with Crippen LogP contribution in [0.15, 0.2) is 54.7 Å². The minimum atomic E-state index is -0.963. The molecule has 0 saturated heterocycles. The number of ketones is 1. The number of aromatic amines is 1. The zero-order chi connectivity index (χ0) is 18.7. The topological polar surface area (TPSA) is 114 Å². The maximum atomic E-state index is 12.6. The number of H-pyrrole nitrogens is 1. The minimum Gasteiger partial charge on any atom is -0.451 e. The monoisotopic (exact) mass is 351 g/mol. The van der Waals surface area contributed by atoms with Crippen molar-refractivity contribution < 1.29 is 19.1 Å². The largest absolute Gasteiger partial charge is 0.451 e. The van der Waals surface area contributed by atoms with Crippen molar-refractivity contribution in [3.63, 3.8) is 0 Å². The molecule has 1 heterocycles. The van der Waals surface area contributed by atoms with Crippen LogP contribution >= 0.6 is 0 Å². The van der Waals surface area contributed by atoms with Crippen LogP contribution < -0.4 is 11.1 Å². The predicted molar refractivity (Wildman–Crippen MR) is 97.2 cm³/mol. The van der Waals surface area contributed by atoms with E-state index in [1.54, 1.807) is 18.3 Å². The molecule has 3 rings (SSSR count). The number of fused-ring (bicyclic) bond motifs is 1. The Morgan fingerprint density at radius 1 is 1.12 bits per heavy atom. The molecule has 7 nitrogen and oxygen atoms in total. The van der Waals surface area contributed by atoms with Crippen molar-refractivity contribution in [2.45, 2.75) is 13.0 Å². The van der Waals surface area contributed by atoms with E-state index >= 15 is 0 Å². The summed E-state index contributed by atoms with van der Waals surface area (Å²) in [4.78, 5) is 38.9. The number of urea groups is 1. The normalized spacial score (nSPS) is 11.7. The molecule has 132 valence electrons. The average Bonchev–Trinajstić information content (AvgIpc) is 3.04. The Hall–Kier alpha value is -3.61. The molecule has 0 aliphatic carbocycles. The van der Waals surface area contributed by atoms with Gasteiger partial charge in [0.2, 0.25) is 5.78 Å². The number of carbonyl (C=O) groups is 3. The molecule has 0 aliphatic rings. The van der Waals surface area contributed by atoms with Gasteiger partial charge in [-0.2, -0.15) is 0 Å². The number of esters is 1. The maximum Gasteiger partial charge on any atom is 0.338 e. The molecule has 0 unspecified atom stereocenters. The van der Waals surface area contributed by atoms with Crippen molar-refractivity contribution in [1.82, 2.24) is 4.98 Å². The second kappa shape index (κ2) is 7.10. The van der Waals surface area contributed by atoms with Gasteiger partial charge in [0.25, 0.3) is 0 Å². The van der Waals surface area contributed by atoms with Crippen LogP contribution in [0.1, 0.15) is 27.6 Å². The van der Waals surface area contributed by atoms with E-state index in [4.69, 9.17) is 10.5 Å². The highest BCUT2D eigenvalue weighted by atomic mass is 16.5. The van der Waals surface area contributed by atoms with Gasteiger partial charge in [0.1, 0.15) is 0 Å². The van der Waals surface area contributed by atoms with Crippen molar-refractivity contribution in [2.75, 3.05) is 5.32 Å². The second-order valence-electron chi connectivity index (χ2n) is 5.73. The lowest BCUT2D eigenvalue weighted by Crippen LogP contribution is -2.24. The SMILES string of the molecule is C[C@H](OC(=O)c1cccc(NC(N)=O)c1)C(=O)c1c[nH]c2ccccc12. The van der Waals surface area contributed by atoms with Crippen molar-refractivity contribution in [3.8, 4) is 0 Å². The van der Waals surface area contributed by atoms with Crippen LogP contribution in [-0.2, 0) is 4.74 Å². The highest BCUT2D eigenvalue weighted by molar-refractivity contribution is 6.10. The predicted octanol–water partition coefficient (Wildman–Crippen LogP) is 3.09. The quantitative estimate of drug-likeness (QED) is 0.484. The molecule has 2 aromatic carbocycles. The molecule has 1 atom stereocenters. The smallest absolute Gasteiger partial charge is 0.338 e. The van der Waals surface area contributed by atoms with Gasteiger partial charge < -0.3 is 20.8 Å². The Balaban J connectivity index is 1.75. The number of anilines is 1. The first kappa shape index (κ1) is 17.2. The van der Waals surface area contributed by atoms with Gasteiger partial charge >= 0.3 is 12.0 Å². The van der Waals surface area contributed by atoms with E-state index in [2.05, 4.69) is 10.3 Å². The van der Waals surface area contributed by atoms with Crippen molar-refractivity contribution in [3.05, 3.63) is 65.9 Å². The molecule has 4 N–H and O–H groups in total. The van der Waals surface area contributed by atoms with E-state index in [1.165, 1.54) is 19.1 Å². The lowest BCUT2D eigenvalue weighted by Gasteiger charge is -2.12. The lowest BCUT2D eigenvalue weighted by atomic mass is 10.1. The van der Waals surface area contributed by atoms with Crippen LogP contribution in [0.3, 0.4) is 0 Å². The Morgan fingerprint density at radius 3 is 2.65 bits per heavy atom. The number of aromatic nitrogens is 1. The fourth-order valence-electron chi connectivity index (χ4n) is 2.64. The summed E-state index contributed by atoms with van der Waals surface area (Å²) in [6.45, 7) is 1.52. The van der Waals surface area contributed by atoms with E-state index < -0.39 is 18.1 Å². The van der Waals surface area contributed by atoms with Crippen molar-refractivity contribution in [2.24, 2.45) is 5.73 Å². The molecule has 0 saturated carbocycles. The fourth-order valence-corrected chi connectivity index (χ4v) is 2.64. The standard InChI is InChI=1S/C19H17N3O4/c1-11(17(23)15-10-21-16-8-3-2-7-14(15)16)26-18(24)12-5-4-6-13(9-12)22-19(20)25/h2-11,21H,1H3,(H3,20,22,25)/t11-/m0/s1. The number of rotatable bonds is 5. The van der Waals surface area contributed by atoms with Crippen molar-refractivity contribution in [1.29, 1.82) is 0 Å². The highest BCUT2D eigenvalue weighted by Gasteiger charge is 2.23. The number of ether oxygens (including phenoxy) is 1. The van der Waals surface area contributed by atoms with Crippen LogP contribution in [0.5, 0.6) is 0 Å². The number of hydrogen-bond acceptors (Lipinski definition) is 4. The summed E-state index contributed by atoms with van der Waals surface area (Å²) in [6, 6.07) is 12.8. The molecular formula is C19H17N3O4. The number of benzene rings is 2. The van der Waals surface area contributed by atoms with E-state index in [0.717, 1.165) is 10.9 Å². The lowest BCUT2D eigenvalue weighted by molar-refractivity contribution is 0.0319. The molecule has 0 aliphatic heterocycles. The number of Topliss-reactive ketones (excluding diaryl/α,β-unsaturated/α-hetero) is 1. The Bertz CT molecular complexity index is 993. The zero-order valence-electron chi connectivity index (χ0n) is 14.0. The molecule has 2 amide bonds. The number of para-hydroxylation sites is 1. The second-order valence-corrected chi connectivity index (χ2v) is 5.73. The van der Waals surface area contributed by atoms with Crippen LogP contribution in [0.4, 0.5) is 10.5 Å². The van der Waals surface area contributed by atoms with Gasteiger partial charge in [-0.05, 0) is 31.2 Å². The molecule has 0 radical (unpaired) electrons. The van der Waals surface area contributed by atoms with Crippen LogP contribution in [0, 0.1) is 0 Å². The number of hydrogen-bond donors (Lipinski definition) is 3. The minimum absolute atomic E-state index is 0.204. The van der Waals surface area contributed by atoms with E-state index in [9.17, 15) is 14.4 Å². The van der Waals surface area contributed by atoms with Crippen LogP contribution in [0.2, 0.25) is 0 Å². The van der Waals surface area contributed by atoms with Gasteiger partial charge in [0, 0.05) is 28.4 Å². The summed E-state index contributed by atoms with van der Waals surface area (Å²) >= 11 is 0. The maximum absolute atomic E-state index is 12.6. The highest BCUT2D eigenvalue weighted by Crippen LogP contribution is 2.20. The summed E-state index contributed by atoms with van der Waals surface area (Å²) in [5, 5.41) is 3.15. The van der Waals surface area contributed by atoms with Gasteiger partial charge in [0.05, 0.1) is 5.56 Å². The summed E-state index contributed by atoms with van der Waals surface area (Å²) in [5.41, 5.74) is 6.92. The fraction of sp³-hybridized carbons (Fsp3) is 0.105. The van der Waals surface area contributed by atoms with E-state index in [0.29, 0.717) is 11.3 Å². The first-order valence-electron chi connectivity index (χ1n) is 7.93. The number of primary amides is 1. The van der Waals surface area contributed by atoms with Crippen LogP contribution in [-0.4, -0.2) is 28.9 Å². The summed E-state index contributed by atoms with van der Waals surface area (Å²) < 4.78 is 5.28. The number of nitrogens with one attached hydrogen (secondary N) is 2. The van der Waals surface area contributed by atoms with Gasteiger partial charge in [-0.3, -0.25) is 4.79 Å². The summed E-state index contributed by atoms with van der Waals surface area (Å²) in [7, 11) is 0. The first-order valence-corrected chi connectivity index (χ1v) is 7.93. The van der Waals surface area contributed by atoms with Gasteiger partial charge in [0.15, 0.2) is 6.10 Å². The third-order valence-electron chi connectivity index (χ3n) is 3.87. The first-order chi connectivity index (χ1) is 12.5. The third kappa shape index (κ3) is 3.56. The molecular weight excluding hydrogens is 334 g/mol. The molecule has 0 fully saturated rings. The molecule has 26 heavy (non-hydrogen) atoms. The van der Waals surface area contributed by atoms with Gasteiger partial charge in [-0.25, -0.2) is 9.59 Å². The van der Waals surface area contributed by atoms with E-state index in [-0.39, 0.29) is 11.3 Å². The molecule has 7 heteroatoms. The van der Waals surface area contributed by atoms with Gasteiger partial charge in [-0.15, -0.1) is 0 Å². The Morgan fingerprint density at radius 2 is 1.88 bits per heavy atom. The molecule has 0 spiro atoms. The van der Waals surface area contributed by atoms with Crippen LogP contribution in [0.25, 0.3) is 10.9 Å². The van der Waals surface area contributed by atoms with Crippen molar-refractivity contribution >= 4 is 34.4 Å². The average molecular weight is 351 g/mol. The molecule has 0 bridgehead atoms. The Kier molecular flexibility index (Phi) is 4.70. The number of nitrogens with two attached hydrogens (primary N) is 1. The Labute approximate surface area is 149 Å². The zero-order valence-corrected chi connectivity index (χ0v) is 14.0. The molecule has 1 aromatic heterocycles. The summed E-state index contributed by atoms with van der Waals surface area (Å²) in [6.07, 6.45) is 0.642. The number of carbonyl (C=O) groups excluding carboxylic acids is 3. The summed E-state index contributed by atoms with van der Waals surface area (Å²) in [5.74, 6) is -0.971. The number of amides is 2. The van der Waals surface area contributed by atoms with Gasteiger partial charge in [-0.1, -0.05) is 24.3 Å².